The van der Waals surface area contributed by atoms with E-state index in [1.54, 1.807) is 24.3 Å². The number of rotatable bonds is 9. The monoisotopic (exact) mass is 417 g/mol. The molecule has 0 atom stereocenters. The molecule has 0 saturated carbocycles. The van der Waals surface area contributed by atoms with Gasteiger partial charge in [-0.1, -0.05) is 61.2 Å². The van der Waals surface area contributed by atoms with Crippen molar-refractivity contribution in [3.63, 3.8) is 0 Å². The number of aromatic carboxylic acids is 1. The quantitative estimate of drug-likeness (QED) is 0.401. The lowest BCUT2D eigenvalue weighted by Gasteiger charge is -2.15. The van der Waals surface area contributed by atoms with E-state index in [4.69, 9.17) is 9.47 Å². The number of anilines is 1. The highest BCUT2D eigenvalue weighted by atomic mass is 16.7. The molecule has 3 aromatic rings. The molecule has 3 aromatic carbocycles. The molecule has 0 radical (unpaired) electrons. The summed E-state index contributed by atoms with van der Waals surface area (Å²) in [5.41, 5.74) is 3.27. The third kappa shape index (κ3) is 5.52. The number of hydrogen-bond donors (Lipinski definition) is 2. The van der Waals surface area contributed by atoms with Crippen molar-refractivity contribution in [1.29, 1.82) is 0 Å². The normalized spacial score (nSPS) is 10.4. The number of nitrogens with one attached hydrogen (secondary N) is 1. The first-order valence-electron chi connectivity index (χ1n) is 10.0. The van der Waals surface area contributed by atoms with Crippen LogP contribution in [0.1, 0.15) is 26.3 Å². The van der Waals surface area contributed by atoms with Crippen LogP contribution < -0.4 is 10.1 Å². The fourth-order valence-electron chi connectivity index (χ4n) is 3.28. The van der Waals surface area contributed by atoms with Gasteiger partial charge in [0.05, 0.1) is 16.8 Å². The van der Waals surface area contributed by atoms with Gasteiger partial charge in [0.2, 0.25) is 0 Å². The van der Waals surface area contributed by atoms with Crippen LogP contribution in [0.5, 0.6) is 5.75 Å². The summed E-state index contributed by atoms with van der Waals surface area (Å²) in [5, 5.41) is 12.4. The number of benzene rings is 3. The fourth-order valence-corrected chi connectivity index (χ4v) is 3.28. The van der Waals surface area contributed by atoms with E-state index in [-0.39, 0.29) is 18.0 Å². The second-order valence-corrected chi connectivity index (χ2v) is 7.02. The summed E-state index contributed by atoms with van der Waals surface area (Å²) in [7, 11) is 2.43. The Kier molecular flexibility index (Phi) is 7.46. The van der Waals surface area contributed by atoms with Crippen LogP contribution in [0, 0.1) is 0 Å². The van der Waals surface area contributed by atoms with Gasteiger partial charge >= 0.3 is 5.97 Å². The number of carbonyl (C=O) groups is 2. The molecule has 0 aromatic heterocycles. The van der Waals surface area contributed by atoms with Crippen molar-refractivity contribution in [2.75, 3.05) is 19.2 Å². The highest BCUT2D eigenvalue weighted by molar-refractivity contribution is 6.32. The summed E-state index contributed by atoms with van der Waals surface area (Å²) in [6.07, 6.45) is 0.814. The van der Waals surface area contributed by atoms with E-state index < -0.39 is 11.9 Å². The first-order valence-corrected chi connectivity index (χ1v) is 10.0. The van der Waals surface area contributed by atoms with Crippen molar-refractivity contribution in [1.82, 2.24) is 0 Å². The number of methoxy groups -OCH3 is 1. The summed E-state index contributed by atoms with van der Waals surface area (Å²) >= 11 is 0. The first kappa shape index (κ1) is 22.1. The second-order valence-electron chi connectivity index (χ2n) is 7.02. The Bertz CT molecular complexity index is 1070. The minimum atomic E-state index is -1.12. The van der Waals surface area contributed by atoms with Crippen LogP contribution in [0.15, 0.2) is 66.7 Å². The number of ether oxygens (including phenoxy) is 2. The number of hydrogen-bond acceptors (Lipinski definition) is 4. The maximum atomic E-state index is 13.2. The summed E-state index contributed by atoms with van der Waals surface area (Å²) in [6, 6.07) is 19.9. The van der Waals surface area contributed by atoms with Gasteiger partial charge < -0.3 is 19.9 Å². The molecule has 0 unspecified atom stereocenters. The number of carboxylic acids is 1. The van der Waals surface area contributed by atoms with E-state index in [0.29, 0.717) is 11.3 Å². The van der Waals surface area contributed by atoms with Crippen LogP contribution in [0.2, 0.25) is 6.82 Å². The standard InChI is InChI=1S/C24H24BNO5/c1-25-14-16-8-11-22(31-15-30-2)20(12-16)23(27)26-21-13-18(9-10-19(21)24(28)29)17-6-4-3-5-7-17/h3-13,25H,14-15H2,1-2H3,(H,26,27)(H,28,29). The number of amides is 1. The Balaban J connectivity index is 1.98. The van der Waals surface area contributed by atoms with E-state index in [0.717, 1.165) is 30.3 Å². The molecule has 0 aliphatic heterocycles. The number of carbonyl (C=O) groups excluding carboxylic acids is 1. The molecular formula is C24H24BNO5. The van der Waals surface area contributed by atoms with Gasteiger partial charge in [0, 0.05) is 7.11 Å². The predicted molar refractivity (Wildman–Crippen MR) is 122 cm³/mol. The molecule has 0 aliphatic rings. The van der Waals surface area contributed by atoms with Crippen LogP contribution in [-0.4, -0.2) is 38.2 Å². The third-order valence-electron chi connectivity index (χ3n) is 4.76. The lowest BCUT2D eigenvalue weighted by Crippen LogP contribution is -2.17. The molecule has 0 aliphatic carbocycles. The topological polar surface area (TPSA) is 84.9 Å². The largest absolute Gasteiger partial charge is 0.478 e. The smallest absolute Gasteiger partial charge is 0.337 e. The Morgan fingerprint density at radius 2 is 1.74 bits per heavy atom. The predicted octanol–water partition coefficient (Wildman–Crippen LogP) is 4.27. The van der Waals surface area contributed by atoms with Gasteiger partial charge in [0.15, 0.2) is 6.79 Å². The molecule has 0 fully saturated rings. The van der Waals surface area contributed by atoms with Gasteiger partial charge in [-0.15, -0.1) is 0 Å². The lowest BCUT2D eigenvalue weighted by atomic mass is 9.75. The average Bonchev–Trinajstić information content (AvgIpc) is 2.78. The molecule has 3 rings (SSSR count). The van der Waals surface area contributed by atoms with E-state index in [2.05, 4.69) is 12.1 Å². The van der Waals surface area contributed by atoms with Crippen LogP contribution >= 0.6 is 0 Å². The van der Waals surface area contributed by atoms with Crippen molar-refractivity contribution in [2.24, 2.45) is 0 Å². The summed E-state index contributed by atoms with van der Waals surface area (Å²) < 4.78 is 10.5. The SMILES string of the molecule is CBCc1ccc(OCOC)c(C(=O)Nc2cc(-c3ccccc3)ccc2C(=O)O)c1. The van der Waals surface area contributed by atoms with Crippen LogP contribution in [-0.2, 0) is 11.1 Å². The van der Waals surface area contributed by atoms with Crippen molar-refractivity contribution in [3.8, 4) is 16.9 Å². The molecule has 7 heteroatoms. The minimum Gasteiger partial charge on any atom is -0.478 e. The van der Waals surface area contributed by atoms with Crippen LogP contribution in [0.25, 0.3) is 11.1 Å². The zero-order chi connectivity index (χ0) is 22.2. The molecule has 0 bridgehead atoms. The zero-order valence-electron chi connectivity index (χ0n) is 17.6. The summed E-state index contributed by atoms with van der Waals surface area (Å²) in [6.45, 7) is 2.06. The first-order chi connectivity index (χ1) is 15.0. The molecule has 0 saturated heterocycles. The van der Waals surface area contributed by atoms with E-state index in [1.807, 2.05) is 36.4 Å². The fraction of sp³-hybridized carbons (Fsp3) is 0.167. The molecule has 1 amide bonds. The van der Waals surface area contributed by atoms with E-state index in [1.165, 1.54) is 13.2 Å². The molecule has 0 spiro atoms. The summed E-state index contributed by atoms with van der Waals surface area (Å²) in [4.78, 5) is 24.9. The Morgan fingerprint density at radius 1 is 0.968 bits per heavy atom. The Hall–Kier alpha value is -3.58. The van der Waals surface area contributed by atoms with Gasteiger partial charge in [-0.3, -0.25) is 4.79 Å². The Morgan fingerprint density at radius 3 is 2.42 bits per heavy atom. The van der Waals surface area contributed by atoms with Gasteiger partial charge in [0.1, 0.15) is 13.0 Å². The maximum Gasteiger partial charge on any atom is 0.337 e. The molecular weight excluding hydrogens is 393 g/mol. The van der Waals surface area contributed by atoms with Crippen molar-refractivity contribution >= 4 is 24.8 Å². The van der Waals surface area contributed by atoms with Gasteiger partial charge in [-0.25, -0.2) is 4.79 Å². The van der Waals surface area contributed by atoms with Crippen LogP contribution in [0.4, 0.5) is 5.69 Å². The molecule has 0 heterocycles. The van der Waals surface area contributed by atoms with Gasteiger partial charge in [-0.05, 0) is 35.4 Å². The Labute approximate surface area is 182 Å². The summed E-state index contributed by atoms with van der Waals surface area (Å²) in [5.74, 6) is -1.20. The third-order valence-corrected chi connectivity index (χ3v) is 4.76. The molecule has 158 valence electrons. The van der Waals surface area contributed by atoms with Crippen LogP contribution in [0.3, 0.4) is 0 Å². The van der Waals surface area contributed by atoms with Crippen molar-refractivity contribution < 1.29 is 24.2 Å². The molecule has 6 nitrogen and oxygen atoms in total. The van der Waals surface area contributed by atoms with Gasteiger partial charge in [0.25, 0.3) is 5.91 Å². The van der Waals surface area contributed by atoms with Crippen molar-refractivity contribution in [3.05, 3.63) is 83.4 Å². The zero-order valence-corrected chi connectivity index (χ0v) is 17.6. The van der Waals surface area contributed by atoms with E-state index >= 15 is 0 Å². The number of carboxylic acid groups (broad SMARTS) is 1. The molecule has 31 heavy (non-hydrogen) atoms. The highest BCUT2D eigenvalue weighted by Crippen LogP contribution is 2.28. The average molecular weight is 417 g/mol. The lowest BCUT2D eigenvalue weighted by molar-refractivity contribution is 0.0503. The van der Waals surface area contributed by atoms with Crippen molar-refractivity contribution in [2.45, 2.75) is 13.1 Å². The molecule has 2 N–H and O–H groups in total. The van der Waals surface area contributed by atoms with E-state index in [9.17, 15) is 14.7 Å². The second kappa shape index (κ2) is 10.5. The maximum absolute atomic E-state index is 13.2. The minimum absolute atomic E-state index is 0.00271. The van der Waals surface area contributed by atoms with Gasteiger partial charge in [-0.2, -0.15) is 0 Å². The highest BCUT2D eigenvalue weighted by Gasteiger charge is 2.18.